The highest BCUT2D eigenvalue weighted by molar-refractivity contribution is 7.21. The number of nitrogen functional groups attached to an aromatic ring is 1. The van der Waals surface area contributed by atoms with Crippen LogP contribution >= 0.6 is 11.3 Å². The van der Waals surface area contributed by atoms with Gasteiger partial charge in [0, 0.05) is 6.07 Å². The maximum absolute atomic E-state index is 7.47. The van der Waals surface area contributed by atoms with Gasteiger partial charge in [-0.3, -0.25) is 5.73 Å². The standard InChI is InChI=1S/C19H22N4OS/c1-3-14(4-2)24-17-11-16-18(10-15(17)22-21)25-19(20)23(16)12-13-8-6-5-7-9-13/h5-11,14,20-21H,3-4,12H2,1-2H3/p+1. The number of fused-ring (bicyclic) bond motifs is 1. The molecule has 0 spiro atoms. The maximum Gasteiger partial charge on any atom is 0.333 e. The van der Waals surface area contributed by atoms with Crippen LogP contribution in [0.1, 0.15) is 32.3 Å². The van der Waals surface area contributed by atoms with Gasteiger partial charge in [0.2, 0.25) is 0 Å². The zero-order valence-electron chi connectivity index (χ0n) is 14.5. The maximum atomic E-state index is 7.47. The molecular weight excluding hydrogens is 332 g/mol. The molecule has 25 heavy (non-hydrogen) atoms. The van der Waals surface area contributed by atoms with Crippen LogP contribution in [0.15, 0.2) is 47.6 Å². The number of thiazole rings is 1. The SMILES string of the molecule is CCC(CC)Oc1cc2c(cc1N=N)sc(N)[n+]2Cc1ccccc1. The third-order valence-electron chi connectivity index (χ3n) is 4.32. The fourth-order valence-electron chi connectivity index (χ4n) is 2.86. The molecule has 1 aromatic heterocycles. The molecule has 2 aromatic carbocycles. The van der Waals surface area contributed by atoms with Gasteiger partial charge in [0.05, 0.1) is 10.8 Å². The van der Waals surface area contributed by atoms with E-state index in [0.717, 1.165) is 28.2 Å². The third kappa shape index (κ3) is 3.64. The van der Waals surface area contributed by atoms with E-state index in [9.17, 15) is 0 Å². The lowest BCUT2D eigenvalue weighted by atomic mass is 10.2. The fraction of sp³-hybridized carbons (Fsp3) is 0.316. The Hall–Kier alpha value is -2.47. The first-order valence-corrected chi connectivity index (χ1v) is 9.31. The molecule has 0 saturated carbocycles. The Bertz CT molecular complexity index is 872. The monoisotopic (exact) mass is 355 g/mol. The van der Waals surface area contributed by atoms with E-state index in [2.05, 4.69) is 35.7 Å². The summed E-state index contributed by atoms with van der Waals surface area (Å²) in [6.07, 6.45) is 1.96. The number of anilines is 1. The van der Waals surface area contributed by atoms with E-state index in [1.165, 1.54) is 16.9 Å². The molecular formula is C19H23N4OS+. The normalized spacial score (nSPS) is 11.2. The average molecular weight is 355 g/mol. The van der Waals surface area contributed by atoms with Crippen LogP contribution < -0.4 is 15.0 Å². The second kappa shape index (κ2) is 7.61. The Balaban J connectivity index is 2.06. The Morgan fingerprint density at radius 3 is 2.56 bits per heavy atom. The summed E-state index contributed by atoms with van der Waals surface area (Å²) in [4.78, 5) is 0. The summed E-state index contributed by atoms with van der Waals surface area (Å²) >= 11 is 1.51. The summed E-state index contributed by atoms with van der Waals surface area (Å²) in [5, 5.41) is 4.38. The summed E-state index contributed by atoms with van der Waals surface area (Å²) in [6, 6.07) is 14.1. The van der Waals surface area contributed by atoms with Crippen molar-refractivity contribution in [3.05, 3.63) is 48.0 Å². The molecule has 0 bridgehead atoms. The average Bonchev–Trinajstić information content (AvgIpc) is 2.94. The van der Waals surface area contributed by atoms with Crippen molar-refractivity contribution in [2.75, 3.05) is 5.73 Å². The highest BCUT2D eigenvalue weighted by atomic mass is 32.1. The highest BCUT2D eigenvalue weighted by Gasteiger charge is 2.20. The first kappa shape index (κ1) is 17.4. The minimum absolute atomic E-state index is 0.122. The van der Waals surface area contributed by atoms with Gasteiger partial charge in [-0.1, -0.05) is 44.2 Å². The minimum atomic E-state index is 0.122. The first-order chi connectivity index (χ1) is 12.2. The number of hydrogen-bond acceptors (Lipinski definition) is 5. The van der Waals surface area contributed by atoms with E-state index in [-0.39, 0.29) is 6.10 Å². The lowest BCUT2D eigenvalue weighted by Crippen LogP contribution is -2.35. The Kier molecular flexibility index (Phi) is 5.28. The molecule has 0 amide bonds. The lowest BCUT2D eigenvalue weighted by Gasteiger charge is -2.16. The number of rotatable bonds is 7. The molecule has 0 aliphatic carbocycles. The molecule has 1 heterocycles. The third-order valence-corrected chi connectivity index (χ3v) is 5.30. The van der Waals surface area contributed by atoms with Gasteiger partial charge in [-0.15, -0.1) is 0 Å². The van der Waals surface area contributed by atoms with Gasteiger partial charge < -0.3 is 4.74 Å². The molecule has 3 aromatic rings. The highest BCUT2D eigenvalue weighted by Crippen LogP contribution is 2.36. The fourth-order valence-corrected chi connectivity index (χ4v) is 3.81. The minimum Gasteiger partial charge on any atom is -0.488 e. The molecule has 0 aliphatic heterocycles. The Morgan fingerprint density at radius 1 is 1.20 bits per heavy atom. The molecule has 130 valence electrons. The number of aromatic nitrogens is 1. The van der Waals surface area contributed by atoms with Crippen LogP contribution in [0.5, 0.6) is 5.75 Å². The zero-order chi connectivity index (χ0) is 17.8. The molecule has 0 saturated heterocycles. The summed E-state index contributed by atoms with van der Waals surface area (Å²) < 4.78 is 9.19. The lowest BCUT2D eigenvalue weighted by molar-refractivity contribution is -0.644. The van der Waals surface area contributed by atoms with Crippen LogP contribution in [0.4, 0.5) is 10.8 Å². The van der Waals surface area contributed by atoms with Gasteiger partial charge >= 0.3 is 5.13 Å². The van der Waals surface area contributed by atoms with E-state index in [0.29, 0.717) is 18.0 Å². The predicted molar refractivity (Wildman–Crippen MR) is 102 cm³/mol. The number of benzene rings is 2. The molecule has 6 heteroatoms. The van der Waals surface area contributed by atoms with Gasteiger partial charge in [-0.05, 0) is 35.8 Å². The first-order valence-electron chi connectivity index (χ1n) is 8.50. The van der Waals surface area contributed by atoms with E-state index in [1.54, 1.807) is 0 Å². The van der Waals surface area contributed by atoms with Crippen molar-refractivity contribution in [3.63, 3.8) is 0 Å². The van der Waals surface area contributed by atoms with E-state index < -0.39 is 0 Å². The smallest absolute Gasteiger partial charge is 0.333 e. The van der Waals surface area contributed by atoms with E-state index in [1.807, 2.05) is 30.3 Å². The number of nitrogens with two attached hydrogens (primary N) is 1. The zero-order valence-corrected chi connectivity index (χ0v) is 15.3. The quantitative estimate of drug-likeness (QED) is 0.460. The Morgan fingerprint density at radius 2 is 1.92 bits per heavy atom. The molecule has 0 aliphatic rings. The second-order valence-corrected chi connectivity index (χ2v) is 7.03. The van der Waals surface area contributed by atoms with Gasteiger partial charge in [-0.25, -0.2) is 10.1 Å². The molecule has 3 N–H and O–H groups in total. The van der Waals surface area contributed by atoms with Gasteiger partial charge in [0.25, 0.3) is 0 Å². The van der Waals surface area contributed by atoms with Crippen LogP contribution in [0, 0.1) is 5.53 Å². The predicted octanol–water partition coefficient (Wildman–Crippen LogP) is 5.05. The topological polar surface area (TPSA) is 75.3 Å². The van der Waals surface area contributed by atoms with Crippen LogP contribution in [0.25, 0.3) is 10.2 Å². The molecule has 3 rings (SSSR count). The van der Waals surface area contributed by atoms with Crippen LogP contribution in [-0.4, -0.2) is 6.10 Å². The van der Waals surface area contributed by atoms with E-state index >= 15 is 0 Å². The van der Waals surface area contributed by atoms with E-state index in [4.69, 9.17) is 16.0 Å². The van der Waals surface area contributed by atoms with Crippen molar-refractivity contribution < 1.29 is 9.30 Å². The number of hydrogen-bond donors (Lipinski definition) is 2. The van der Waals surface area contributed by atoms with Gasteiger partial charge in [0.1, 0.15) is 17.7 Å². The molecule has 5 nitrogen and oxygen atoms in total. The summed E-state index contributed by atoms with van der Waals surface area (Å²) in [5.41, 5.74) is 16.5. The van der Waals surface area contributed by atoms with Crippen LogP contribution in [-0.2, 0) is 6.54 Å². The number of nitrogens with one attached hydrogen (secondary N) is 1. The Labute approximate surface area is 151 Å². The summed E-state index contributed by atoms with van der Waals surface area (Å²) in [7, 11) is 0. The summed E-state index contributed by atoms with van der Waals surface area (Å²) in [5.74, 6) is 0.649. The van der Waals surface area contributed by atoms with Gasteiger partial charge in [-0.2, -0.15) is 5.11 Å². The molecule has 0 unspecified atom stereocenters. The van der Waals surface area contributed by atoms with Gasteiger partial charge in [0.15, 0.2) is 5.75 Å². The van der Waals surface area contributed by atoms with Crippen molar-refractivity contribution in [1.82, 2.24) is 0 Å². The number of ether oxygens (including phenoxy) is 1. The van der Waals surface area contributed by atoms with Crippen molar-refractivity contribution >= 4 is 32.4 Å². The van der Waals surface area contributed by atoms with Crippen molar-refractivity contribution in [3.8, 4) is 5.75 Å². The second-order valence-electron chi connectivity index (χ2n) is 5.97. The van der Waals surface area contributed by atoms with Crippen LogP contribution in [0.2, 0.25) is 0 Å². The number of nitrogens with zero attached hydrogens (tertiary/aromatic N) is 2. The van der Waals surface area contributed by atoms with Crippen molar-refractivity contribution in [1.29, 1.82) is 5.53 Å². The van der Waals surface area contributed by atoms with Crippen molar-refractivity contribution in [2.45, 2.75) is 39.3 Å². The molecule has 0 atom stereocenters. The largest absolute Gasteiger partial charge is 0.488 e. The molecule has 0 fully saturated rings. The van der Waals surface area contributed by atoms with Crippen LogP contribution in [0.3, 0.4) is 0 Å². The molecule has 0 radical (unpaired) electrons. The van der Waals surface area contributed by atoms with Crippen molar-refractivity contribution in [2.24, 2.45) is 5.11 Å². The summed E-state index contributed by atoms with van der Waals surface area (Å²) in [6.45, 7) is 4.90.